The van der Waals surface area contributed by atoms with Gasteiger partial charge in [0.2, 0.25) is 0 Å². The number of nitrogens with two attached hydrogens (primary N) is 2. The highest BCUT2D eigenvalue weighted by atomic mass is 15.5. The minimum Gasteiger partial charge on any atom is -0.397 e. The van der Waals surface area contributed by atoms with Gasteiger partial charge < -0.3 is 5.73 Å². The normalized spacial score (nSPS) is 33.0. The lowest BCUT2D eigenvalue weighted by Gasteiger charge is -2.37. The average molecular weight is 201 g/mol. The summed E-state index contributed by atoms with van der Waals surface area (Å²) in [5.74, 6) is 5.97. The molecule has 4 N–H and O–H groups in total. The summed E-state index contributed by atoms with van der Waals surface area (Å²) in [5.41, 5.74) is 7.70. The van der Waals surface area contributed by atoms with Crippen LogP contribution in [0.15, 0.2) is 45.7 Å². The second kappa shape index (κ2) is 2.65. The molecule has 2 heterocycles. The molecule has 0 bridgehead atoms. The summed E-state index contributed by atoms with van der Waals surface area (Å²) in [5, 5.41) is 1.65. The molecule has 1 spiro atoms. The van der Waals surface area contributed by atoms with Gasteiger partial charge in [0.05, 0.1) is 17.1 Å². The number of dihydropyridines is 1. The summed E-state index contributed by atoms with van der Waals surface area (Å²) in [4.78, 5) is 8.67. The fourth-order valence-electron chi connectivity index (χ4n) is 2.18. The SMILES string of the molecule is NC1=CC=C2N=CC=CC23C1=NCN3N. The molecule has 0 radical (unpaired) electrons. The van der Waals surface area contributed by atoms with E-state index in [1.165, 1.54) is 0 Å². The van der Waals surface area contributed by atoms with Crippen molar-refractivity contribution in [2.24, 2.45) is 21.6 Å². The maximum absolute atomic E-state index is 5.97. The molecular formula is C10H11N5. The molecule has 3 aliphatic rings. The van der Waals surface area contributed by atoms with Gasteiger partial charge in [0.1, 0.15) is 12.2 Å². The van der Waals surface area contributed by atoms with Crippen molar-refractivity contribution in [2.45, 2.75) is 5.54 Å². The third-order valence-corrected chi connectivity index (χ3v) is 2.92. The number of allylic oxidation sites excluding steroid dienone is 3. The van der Waals surface area contributed by atoms with Crippen LogP contribution in [0.5, 0.6) is 0 Å². The third kappa shape index (κ3) is 0.886. The summed E-state index contributed by atoms with van der Waals surface area (Å²) in [6, 6.07) is 0. The molecule has 1 aliphatic carbocycles. The summed E-state index contributed by atoms with van der Waals surface area (Å²) in [6.45, 7) is 0.446. The highest BCUT2D eigenvalue weighted by Gasteiger charge is 2.48. The van der Waals surface area contributed by atoms with Crippen molar-refractivity contribution in [3.63, 3.8) is 0 Å². The molecule has 5 nitrogen and oxygen atoms in total. The number of rotatable bonds is 0. The molecule has 2 aliphatic heterocycles. The van der Waals surface area contributed by atoms with Crippen LogP contribution in [0, 0.1) is 0 Å². The molecule has 0 saturated carbocycles. The number of hydrogen-bond acceptors (Lipinski definition) is 5. The van der Waals surface area contributed by atoms with E-state index in [4.69, 9.17) is 11.6 Å². The van der Waals surface area contributed by atoms with E-state index in [0.29, 0.717) is 12.4 Å². The number of aliphatic imine (C=N–C) groups is 2. The fourth-order valence-corrected chi connectivity index (χ4v) is 2.18. The molecule has 0 fully saturated rings. The maximum atomic E-state index is 5.97. The summed E-state index contributed by atoms with van der Waals surface area (Å²) >= 11 is 0. The number of nitrogens with zero attached hydrogens (tertiary/aromatic N) is 3. The monoisotopic (exact) mass is 201 g/mol. The van der Waals surface area contributed by atoms with E-state index in [0.717, 1.165) is 11.4 Å². The van der Waals surface area contributed by atoms with E-state index in [2.05, 4.69) is 9.98 Å². The Kier molecular flexibility index (Phi) is 1.52. The molecule has 1 atom stereocenters. The van der Waals surface area contributed by atoms with Crippen molar-refractivity contribution < 1.29 is 0 Å². The van der Waals surface area contributed by atoms with Crippen LogP contribution in [0.25, 0.3) is 0 Å². The van der Waals surface area contributed by atoms with Crippen LogP contribution in [-0.2, 0) is 0 Å². The van der Waals surface area contributed by atoms with Crippen molar-refractivity contribution in [2.75, 3.05) is 6.67 Å². The molecular weight excluding hydrogens is 190 g/mol. The van der Waals surface area contributed by atoms with Crippen molar-refractivity contribution in [1.29, 1.82) is 0 Å². The van der Waals surface area contributed by atoms with Crippen LogP contribution in [0.2, 0.25) is 0 Å². The highest BCUT2D eigenvalue weighted by molar-refractivity contribution is 6.13. The molecule has 5 heteroatoms. The molecule has 15 heavy (non-hydrogen) atoms. The zero-order valence-electron chi connectivity index (χ0n) is 8.09. The average Bonchev–Trinajstić information content (AvgIpc) is 2.58. The van der Waals surface area contributed by atoms with Gasteiger partial charge in [0, 0.05) is 6.21 Å². The van der Waals surface area contributed by atoms with Crippen molar-refractivity contribution >= 4 is 11.9 Å². The second-order valence-electron chi connectivity index (χ2n) is 3.70. The minimum atomic E-state index is -0.534. The van der Waals surface area contributed by atoms with E-state index in [1.54, 1.807) is 11.2 Å². The first-order valence-electron chi connectivity index (χ1n) is 4.72. The van der Waals surface area contributed by atoms with Gasteiger partial charge in [0.25, 0.3) is 0 Å². The molecule has 0 aromatic carbocycles. The van der Waals surface area contributed by atoms with Crippen molar-refractivity contribution in [3.05, 3.63) is 35.7 Å². The summed E-state index contributed by atoms with van der Waals surface area (Å²) in [6.07, 6.45) is 9.31. The van der Waals surface area contributed by atoms with Crippen LogP contribution >= 0.6 is 0 Å². The summed E-state index contributed by atoms with van der Waals surface area (Å²) < 4.78 is 0. The molecule has 0 aromatic rings. The van der Waals surface area contributed by atoms with Crippen LogP contribution < -0.4 is 11.6 Å². The summed E-state index contributed by atoms with van der Waals surface area (Å²) in [7, 11) is 0. The zero-order valence-corrected chi connectivity index (χ0v) is 8.09. The lowest BCUT2D eigenvalue weighted by atomic mass is 9.83. The quantitative estimate of drug-likeness (QED) is 0.528. The van der Waals surface area contributed by atoms with E-state index < -0.39 is 5.54 Å². The van der Waals surface area contributed by atoms with E-state index >= 15 is 0 Å². The first kappa shape index (κ1) is 8.58. The second-order valence-corrected chi connectivity index (χ2v) is 3.70. The Morgan fingerprint density at radius 1 is 1.40 bits per heavy atom. The highest BCUT2D eigenvalue weighted by Crippen LogP contribution is 2.37. The predicted octanol–water partition coefficient (Wildman–Crippen LogP) is -0.306. The fraction of sp³-hybridized carbons (Fsp3) is 0.200. The van der Waals surface area contributed by atoms with E-state index in [-0.39, 0.29) is 0 Å². The Bertz CT molecular complexity index is 468. The molecule has 0 aromatic heterocycles. The van der Waals surface area contributed by atoms with Gasteiger partial charge in [-0.1, -0.05) is 0 Å². The van der Waals surface area contributed by atoms with Crippen LogP contribution in [0.3, 0.4) is 0 Å². The van der Waals surface area contributed by atoms with Crippen LogP contribution in [0.1, 0.15) is 0 Å². The molecule has 0 saturated heterocycles. The number of hydrazine groups is 1. The molecule has 76 valence electrons. The van der Waals surface area contributed by atoms with Crippen molar-refractivity contribution in [1.82, 2.24) is 5.01 Å². The standard InChI is InChI=1S/C10H11N5/c11-7-2-3-8-10(4-1-5-13-8)9(7)14-6-15(10)12/h1-5H,6,11-12H2. The lowest BCUT2D eigenvalue weighted by molar-refractivity contribution is 0.246. The van der Waals surface area contributed by atoms with Crippen LogP contribution in [0.4, 0.5) is 0 Å². The first-order valence-corrected chi connectivity index (χ1v) is 4.72. The van der Waals surface area contributed by atoms with E-state index in [9.17, 15) is 0 Å². The third-order valence-electron chi connectivity index (χ3n) is 2.92. The van der Waals surface area contributed by atoms with Crippen molar-refractivity contribution in [3.8, 4) is 0 Å². The molecule has 0 amide bonds. The first-order chi connectivity index (χ1) is 7.25. The lowest BCUT2D eigenvalue weighted by Crippen LogP contribution is -2.56. The van der Waals surface area contributed by atoms with Gasteiger partial charge in [-0.15, -0.1) is 0 Å². The minimum absolute atomic E-state index is 0.446. The van der Waals surface area contributed by atoms with Gasteiger partial charge >= 0.3 is 0 Å². The van der Waals surface area contributed by atoms with Gasteiger partial charge in [-0.25, -0.2) is 5.01 Å². The largest absolute Gasteiger partial charge is 0.397 e. The van der Waals surface area contributed by atoms with E-state index in [1.807, 2.05) is 24.3 Å². The van der Waals surface area contributed by atoms with Gasteiger partial charge in [-0.05, 0) is 24.3 Å². The number of hydrogen-bond donors (Lipinski definition) is 2. The Morgan fingerprint density at radius 2 is 2.27 bits per heavy atom. The molecule has 3 rings (SSSR count). The van der Waals surface area contributed by atoms with Gasteiger partial charge in [0.15, 0.2) is 0 Å². The Balaban J connectivity index is 2.26. The maximum Gasteiger partial charge on any atom is 0.141 e. The smallest absolute Gasteiger partial charge is 0.141 e. The Morgan fingerprint density at radius 3 is 3.13 bits per heavy atom. The van der Waals surface area contributed by atoms with Crippen LogP contribution in [-0.4, -0.2) is 29.1 Å². The Hall–Kier alpha value is -1.72. The predicted molar refractivity (Wildman–Crippen MR) is 59.0 cm³/mol. The zero-order chi connectivity index (χ0) is 10.5. The Labute approximate surface area is 87.1 Å². The van der Waals surface area contributed by atoms with Gasteiger partial charge in [-0.2, -0.15) is 0 Å². The van der Waals surface area contributed by atoms with Gasteiger partial charge in [-0.3, -0.25) is 15.8 Å². The molecule has 1 unspecified atom stereocenters. The topological polar surface area (TPSA) is 80.0 Å².